The van der Waals surface area contributed by atoms with Crippen LogP contribution in [0.15, 0.2) is 0 Å². The van der Waals surface area contributed by atoms with Crippen LogP contribution in [-0.4, -0.2) is 34.3 Å². The van der Waals surface area contributed by atoms with Crippen LogP contribution >= 0.6 is 46.1 Å². The maximum atomic E-state index is 5.93. The summed E-state index contributed by atoms with van der Waals surface area (Å²) in [5.41, 5.74) is 6.82. The summed E-state index contributed by atoms with van der Waals surface area (Å²) < 4.78 is 6.05. The van der Waals surface area contributed by atoms with Gasteiger partial charge in [-0.1, -0.05) is 0 Å². The van der Waals surface area contributed by atoms with Gasteiger partial charge in [-0.2, -0.15) is 11.8 Å². The lowest BCUT2D eigenvalue weighted by atomic mass is 10.3. The maximum absolute atomic E-state index is 5.93. The molecule has 0 radical (unpaired) electrons. The zero-order valence-corrected chi connectivity index (χ0v) is 13.3. The van der Waals surface area contributed by atoms with Crippen molar-refractivity contribution in [3.8, 4) is 0 Å². The number of hydrogen-bond acceptors (Lipinski definition) is 6. The minimum Gasteiger partial charge on any atom is -0.383 e. The van der Waals surface area contributed by atoms with Gasteiger partial charge in [0.1, 0.15) is 11.6 Å². The second kappa shape index (κ2) is 6.44. The van der Waals surface area contributed by atoms with Gasteiger partial charge in [-0.15, -0.1) is 11.8 Å². The fourth-order valence-electron chi connectivity index (χ4n) is 1.55. The van der Waals surface area contributed by atoms with Crippen molar-refractivity contribution in [2.75, 3.05) is 30.1 Å². The molecule has 0 aromatic carbocycles. The molecule has 7 heteroatoms. The summed E-state index contributed by atoms with van der Waals surface area (Å²) in [4.78, 5) is 9.00. The molecule has 1 aromatic rings. The van der Waals surface area contributed by atoms with Gasteiger partial charge in [0.05, 0.1) is 21.1 Å². The molecule has 1 unspecified atom stereocenters. The third-order valence-corrected chi connectivity index (χ3v) is 6.27. The van der Waals surface area contributed by atoms with Crippen molar-refractivity contribution in [2.24, 2.45) is 0 Å². The fourth-order valence-corrected chi connectivity index (χ4v) is 4.54. The number of ether oxygens (including phenoxy) is 1. The zero-order chi connectivity index (χ0) is 12.3. The molecule has 2 heterocycles. The fraction of sp³-hybridized carbons (Fsp3) is 0.600. The molecule has 1 saturated heterocycles. The number of methoxy groups -OCH3 is 1. The monoisotopic (exact) mass is 383 g/mol. The minimum absolute atomic E-state index is 0.364. The topological polar surface area (TPSA) is 61.0 Å². The first-order valence-corrected chi connectivity index (χ1v) is 8.50. The van der Waals surface area contributed by atoms with E-state index in [4.69, 9.17) is 10.5 Å². The number of thioether (sulfide) groups is 2. The Balaban J connectivity index is 2.27. The van der Waals surface area contributed by atoms with E-state index in [0.717, 1.165) is 26.6 Å². The van der Waals surface area contributed by atoms with Gasteiger partial charge in [0.2, 0.25) is 0 Å². The summed E-state index contributed by atoms with van der Waals surface area (Å²) in [5.74, 6) is 4.86. The van der Waals surface area contributed by atoms with Crippen LogP contribution in [0, 0.1) is 3.57 Å². The standard InChI is InChI=1S/C10H14IN3OS2/c1-15-4-6-8(11)9(12)14-10(13-6)7-5-16-2-3-17-7/h7H,2-5H2,1H3,(H2,12,13,14). The smallest absolute Gasteiger partial charge is 0.144 e. The lowest BCUT2D eigenvalue weighted by Crippen LogP contribution is -2.14. The number of nitrogens with zero attached hydrogens (tertiary/aromatic N) is 2. The van der Waals surface area contributed by atoms with Crippen molar-refractivity contribution in [1.29, 1.82) is 0 Å². The maximum Gasteiger partial charge on any atom is 0.144 e. The highest BCUT2D eigenvalue weighted by Crippen LogP contribution is 2.35. The van der Waals surface area contributed by atoms with E-state index in [1.807, 2.05) is 23.5 Å². The molecule has 0 aliphatic carbocycles. The first kappa shape index (κ1) is 13.7. The van der Waals surface area contributed by atoms with Gasteiger partial charge in [-0.05, 0) is 22.6 Å². The normalized spacial score (nSPS) is 20.5. The lowest BCUT2D eigenvalue weighted by Gasteiger charge is -2.20. The Labute approximate surface area is 123 Å². The van der Waals surface area contributed by atoms with Crippen LogP contribution in [0.2, 0.25) is 0 Å². The Kier molecular flexibility index (Phi) is 5.19. The molecule has 17 heavy (non-hydrogen) atoms. The van der Waals surface area contributed by atoms with E-state index >= 15 is 0 Å². The molecular weight excluding hydrogens is 369 g/mol. The van der Waals surface area contributed by atoms with Gasteiger partial charge in [-0.25, -0.2) is 9.97 Å². The Bertz CT molecular complexity index is 399. The SMILES string of the molecule is COCc1nc(C2CSCCS2)nc(N)c1I. The molecule has 2 N–H and O–H groups in total. The Morgan fingerprint density at radius 3 is 2.94 bits per heavy atom. The average molecular weight is 383 g/mol. The van der Waals surface area contributed by atoms with Crippen molar-refractivity contribution in [3.63, 3.8) is 0 Å². The van der Waals surface area contributed by atoms with Crippen molar-refractivity contribution in [2.45, 2.75) is 11.9 Å². The summed E-state index contributed by atoms with van der Waals surface area (Å²) in [7, 11) is 1.67. The van der Waals surface area contributed by atoms with Crippen molar-refractivity contribution in [3.05, 3.63) is 15.1 Å². The van der Waals surface area contributed by atoms with Crippen LogP contribution in [0.3, 0.4) is 0 Å². The van der Waals surface area contributed by atoms with Crippen LogP contribution in [0.5, 0.6) is 0 Å². The first-order chi connectivity index (χ1) is 8.22. The molecule has 4 nitrogen and oxygen atoms in total. The van der Waals surface area contributed by atoms with Crippen LogP contribution in [0.1, 0.15) is 16.8 Å². The molecule has 0 spiro atoms. The summed E-state index contributed by atoms with van der Waals surface area (Å²) in [6.07, 6.45) is 0. The largest absolute Gasteiger partial charge is 0.383 e. The molecule has 0 saturated carbocycles. The number of hydrogen-bond donors (Lipinski definition) is 1. The highest BCUT2D eigenvalue weighted by atomic mass is 127. The van der Waals surface area contributed by atoms with Crippen LogP contribution in [0.4, 0.5) is 5.82 Å². The molecular formula is C10H14IN3OS2. The van der Waals surface area contributed by atoms with E-state index in [9.17, 15) is 0 Å². The number of anilines is 1. The van der Waals surface area contributed by atoms with Gasteiger partial charge in [-0.3, -0.25) is 0 Å². The Morgan fingerprint density at radius 1 is 1.47 bits per heavy atom. The summed E-state index contributed by atoms with van der Waals surface area (Å²) in [6, 6.07) is 0. The second-order valence-electron chi connectivity index (χ2n) is 3.60. The van der Waals surface area contributed by atoms with Crippen LogP contribution < -0.4 is 5.73 Å². The van der Waals surface area contributed by atoms with Crippen molar-refractivity contribution in [1.82, 2.24) is 9.97 Å². The third-order valence-electron chi connectivity index (χ3n) is 2.35. The number of nitrogen functional groups attached to an aromatic ring is 1. The van der Waals surface area contributed by atoms with Gasteiger partial charge < -0.3 is 10.5 Å². The first-order valence-electron chi connectivity index (χ1n) is 5.22. The number of aromatic nitrogens is 2. The number of rotatable bonds is 3. The molecule has 0 amide bonds. The molecule has 1 aliphatic heterocycles. The molecule has 2 rings (SSSR count). The van der Waals surface area contributed by atoms with Crippen molar-refractivity contribution < 1.29 is 4.74 Å². The molecule has 1 aliphatic rings. The Morgan fingerprint density at radius 2 is 2.29 bits per heavy atom. The predicted octanol–water partition coefficient (Wildman–Crippen LogP) is 2.33. The van der Waals surface area contributed by atoms with Gasteiger partial charge in [0.25, 0.3) is 0 Å². The third kappa shape index (κ3) is 3.39. The molecule has 1 atom stereocenters. The van der Waals surface area contributed by atoms with Crippen LogP contribution in [-0.2, 0) is 11.3 Å². The summed E-state index contributed by atoms with van der Waals surface area (Å²) in [5, 5.41) is 0.364. The number of nitrogens with two attached hydrogens (primary N) is 1. The van der Waals surface area contributed by atoms with Crippen LogP contribution in [0.25, 0.3) is 0 Å². The predicted molar refractivity (Wildman–Crippen MR) is 82.4 cm³/mol. The second-order valence-corrected chi connectivity index (χ2v) is 7.13. The molecule has 0 bridgehead atoms. The highest BCUT2D eigenvalue weighted by Gasteiger charge is 2.21. The van der Waals surface area contributed by atoms with E-state index < -0.39 is 0 Å². The average Bonchev–Trinajstić information content (AvgIpc) is 2.36. The van der Waals surface area contributed by atoms with Gasteiger partial charge in [0, 0.05) is 24.4 Å². The number of halogens is 1. The quantitative estimate of drug-likeness (QED) is 0.809. The summed E-state index contributed by atoms with van der Waals surface area (Å²) in [6.45, 7) is 0.489. The minimum atomic E-state index is 0.364. The van der Waals surface area contributed by atoms with Gasteiger partial charge >= 0.3 is 0 Å². The molecule has 1 fully saturated rings. The summed E-state index contributed by atoms with van der Waals surface area (Å²) >= 11 is 6.04. The lowest BCUT2D eigenvalue weighted by molar-refractivity contribution is 0.180. The molecule has 94 valence electrons. The highest BCUT2D eigenvalue weighted by molar-refractivity contribution is 14.1. The zero-order valence-electron chi connectivity index (χ0n) is 9.48. The van der Waals surface area contributed by atoms with E-state index in [1.54, 1.807) is 7.11 Å². The van der Waals surface area contributed by atoms with E-state index in [0.29, 0.717) is 17.7 Å². The van der Waals surface area contributed by atoms with E-state index in [1.165, 1.54) is 5.75 Å². The van der Waals surface area contributed by atoms with Gasteiger partial charge in [0.15, 0.2) is 0 Å². The van der Waals surface area contributed by atoms with E-state index in [-0.39, 0.29) is 0 Å². The molecule has 1 aromatic heterocycles. The Hall–Kier alpha value is 0.270. The van der Waals surface area contributed by atoms with E-state index in [2.05, 4.69) is 32.6 Å². The van der Waals surface area contributed by atoms with Crippen molar-refractivity contribution >= 4 is 51.9 Å².